The fraction of sp³-hybridized carbons (Fsp3) is 0.302. The first kappa shape index (κ1) is 37.9. The average Bonchev–Trinajstić information content (AvgIpc) is 3.98. The molecule has 4 nitrogen and oxygen atoms in total. The van der Waals surface area contributed by atoms with Crippen molar-refractivity contribution in [3.8, 4) is 39.0 Å². The number of hydrogen-bond donors (Lipinski definition) is 0. The number of carbonyl (C=O) groups is 2. The molecule has 10 heteroatoms. The standard InChI is InChI=1S/C43H42O4S6/c1-7-28-17-29(8-2)33(23-47-41(45)21-31-19-39(35-14-10-25(4)49-35)53-43(31)37-16-12-27(6)51-37)32(28)22-46-40(44)20-30-18-38(34-13-9-24(3)48-34)52-42(30)36-15-11-26(5)50-36/h7-16,18-19,28-29,32-33H,1-2,17,20-23H2,3-6H3. The van der Waals surface area contributed by atoms with E-state index in [0.29, 0.717) is 0 Å². The van der Waals surface area contributed by atoms with E-state index in [1.165, 1.54) is 48.8 Å². The molecule has 0 spiro atoms. The van der Waals surface area contributed by atoms with Crippen molar-refractivity contribution in [1.82, 2.24) is 0 Å². The van der Waals surface area contributed by atoms with Gasteiger partial charge in [0.1, 0.15) is 0 Å². The Morgan fingerprint density at radius 3 is 1.25 bits per heavy atom. The first-order valence-corrected chi connectivity index (χ1v) is 22.6. The van der Waals surface area contributed by atoms with Gasteiger partial charge in [0.25, 0.3) is 0 Å². The van der Waals surface area contributed by atoms with Crippen LogP contribution in [-0.4, -0.2) is 25.2 Å². The summed E-state index contributed by atoms with van der Waals surface area (Å²) in [6.07, 6.45) is 5.14. The highest BCUT2D eigenvalue weighted by Crippen LogP contribution is 2.46. The highest BCUT2D eigenvalue weighted by Gasteiger charge is 2.42. The first-order valence-electron chi connectivity index (χ1n) is 17.7. The smallest absolute Gasteiger partial charge is 0.310 e. The van der Waals surface area contributed by atoms with Gasteiger partial charge in [0.05, 0.1) is 26.1 Å². The van der Waals surface area contributed by atoms with Gasteiger partial charge in [0, 0.05) is 70.4 Å². The van der Waals surface area contributed by atoms with Gasteiger partial charge in [-0.2, -0.15) is 0 Å². The molecule has 6 aromatic heterocycles. The quantitative estimate of drug-likeness (QED) is 0.0812. The summed E-state index contributed by atoms with van der Waals surface area (Å²) in [6.45, 7) is 17.2. The largest absolute Gasteiger partial charge is 0.465 e. The number of ether oxygens (including phenoxy) is 2. The van der Waals surface area contributed by atoms with Crippen LogP contribution in [0.5, 0.6) is 0 Å². The summed E-state index contributed by atoms with van der Waals surface area (Å²) >= 11 is 10.5. The van der Waals surface area contributed by atoms with E-state index in [9.17, 15) is 9.59 Å². The molecule has 0 saturated heterocycles. The van der Waals surface area contributed by atoms with Crippen molar-refractivity contribution in [2.24, 2.45) is 23.7 Å². The Morgan fingerprint density at radius 1 is 0.566 bits per heavy atom. The fourth-order valence-corrected chi connectivity index (χ4v) is 13.4. The molecule has 0 bridgehead atoms. The van der Waals surface area contributed by atoms with Crippen LogP contribution in [0.3, 0.4) is 0 Å². The predicted molar refractivity (Wildman–Crippen MR) is 229 cm³/mol. The van der Waals surface area contributed by atoms with Crippen molar-refractivity contribution in [3.63, 3.8) is 0 Å². The normalized spacial score (nSPS) is 18.3. The Hall–Kier alpha value is -3.38. The van der Waals surface area contributed by atoms with E-state index in [2.05, 4.69) is 102 Å². The lowest BCUT2D eigenvalue weighted by Gasteiger charge is -2.24. The second kappa shape index (κ2) is 16.6. The Kier molecular flexibility index (Phi) is 11.8. The molecule has 7 rings (SSSR count). The van der Waals surface area contributed by atoms with Gasteiger partial charge in [-0.25, -0.2) is 0 Å². The van der Waals surface area contributed by atoms with Gasteiger partial charge in [0.2, 0.25) is 0 Å². The molecule has 0 aromatic carbocycles. The zero-order chi connectivity index (χ0) is 37.2. The number of carbonyl (C=O) groups excluding carboxylic acids is 2. The van der Waals surface area contributed by atoms with Crippen molar-refractivity contribution in [2.45, 2.75) is 47.0 Å². The van der Waals surface area contributed by atoms with E-state index >= 15 is 0 Å². The lowest BCUT2D eigenvalue weighted by molar-refractivity contribution is -0.149. The van der Waals surface area contributed by atoms with Gasteiger partial charge in [-0.1, -0.05) is 12.2 Å². The SMILES string of the molecule is C=CC1CC(C=C)C(COC(=O)Cc2cc(-c3ccc(C)s3)sc2-c2ccc(C)s2)C1COC(=O)Cc1cc(-c2ccc(C)s2)sc1-c1ccc(C)s1. The van der Waals surface area contributed by atoms with E-state index in [1.807, 2.05) is 12.2 Å². The fourth-order valence-electron chi connectivity index (χ4n) is 7.15. The van der Waals surface area contributed by atoms with Crippen LogP contribution in [0.15, 0.2) is 86.0 Å². The molecule has 1 aliphatic rings. The molecule has 1 saturated carbocycles. The van der Waals surface area contributed by atoms with E-state index in [4.69, 9.17) is 9.47 Å². The Labute approximate surface area is 336 Å². The zero-order valence-electron chi connectivity index (χ0n) is 30.3. The zero-order valence-corrected chi connectivity index (χ0v) is 35.2. The average molecular weight is 815 g/mol. The summed E-state index contributed by atoms with van der Waals surface area (Å²) in [6, 6.07) is 21.4. The number of hydrogen-bond acceptors (Lipinski definition) is 10. The molecule has 53 heavy (non-hydrogen) atoms. The van der Waals surface area contributed by atoms with Crippen molar-refractivity contribution >= 4 is 80.0 Å². The molecule has 4 unspecified atom stereocenters. The third kappa shape index (κ3) is 8.64. The predicted octanol–water partition coefficient (Wildman–Crippen LogP) is 13.1. The van der Waals surface area contributed by atoms with Crippen molar-refractivity contribution in [2.75, 3.05) is 13.2 Å². The van der Waals surface area contributed by atoms with E-state index in [1.54, 1.807) is 68.0 Å². The van der Waals surface area contributed by atoms with Gasteiger partial charge in [-0.05, 0) is 118 Å². The summed E-state index contributed by atoms with van der Waals surface area (Å²) in [7, 11) is 0. The maximum absolute atomic E-state index is 13.5. The molecule has 1 aliphatic carbocycles. The minimum atomic E-state index is -0.252. The number of rotatable bonds is 14. The topological polar surface area (TPSA) is 52.6 Å². The summed E-state index contributed by atoms with van der Waals surface area (Å²) in [5, 5.41) is 0. The van der Waals surface area contributed by atoms with Crippen LogP contribution in [0.2, 0.25) is 0 Å². The summed E-state index contributed by atoms with van der Waals surface area (Å²) < 4.78 is 12.1. The van der Waals surface area contributed by atoms with Gasteiger partial charge >= 0.3 is 11.9 Å². The lowest BCUT2D eigenvalue weighted by Crippen LogP contribution is -2.28. The van der Waals surface area contributed by atoms with Crippen molar-refractivity contribution in [1.29, 1.82) is 0 Å². The maximum Gasteiger partial charge on any atom is 0.310 e. The number of esters is 2. The molecule has 0 amide bonds. The summed E-state index contributed by atoms with van der Waals surface area (Å²) in [5.74, 6) is -0.320. The second-order valence-corrected chi connectivity index (χ2v) is 20.9. The maximum atomic E-state index is 13.5. The molecule has 0 N–H and O–H groups in total. The van der Waals surface area contributed by atoms with Crippen molar-refractivity contribution in [3.05, 3.63) is 117 Å². The monoisotopic (exact) mass is 814 g/mol. The third-order valence-electron chi connectivity index (χ3n) is 9.86. The van der Waals surface area contributed by atoms with Crippen LogP contribution in [0, 0.1) is 51.4 Å². The van der Waals surface area contributed by atoms with Crippen LogP contribution in [0.25, 0.3) is 39.0 Å². The van der Waals surface area contributed by atoms with Gasteiger partial charge in [-0.3, -0.25) is 9.59 Å². The highest BCUT2D eigenvalue weighted by atomic mass is 32.1. The Morgan fingerprint density at radius 2 is 0.925 bits per heavy atom. The minimum absolute atomic E-state index is 0.0294. The van der Waals surface area contributed by atoms with E-state index in [0.717, 1.165) is 27.3 Å². The molecular weight excluding hydrogens is 773 g/mol. The summed E-state index contributed by atoms with van der Waals surface area (Å²) in [4.78, 5) is 41.5. The number of allylic oxidation sites excluding steroid dienone is 2. The van der Waals surface area contributed by atoms with Crippen LogP contribution in [-0.2, 0) is 31.9 Å². The second-order valence-electron chi connectivity index (χ2n) is 13.7. The molecule has 6 heterocycles. The van der Waals surface area contributed by atoms with Crippen molar-refractivity contribution < 1.29 is 19.1 Å². The molecule has 274 valence electrons. The first-order chi connectivity index (χ1) is 25.6. The van der Waals surface area contributed by atoms with Crippen LogP contribution in [0.1, 0.15) is 37.1 Å². The lowest BCUT2D eigenvalue weighted by atomic mass is 9.88. The minimum Gasteiger partial charge on any atom is -0.465 e. The molecule has 0 aliphatic heterocycles. The highest BCUT2D eigenvalue weighted by molar-refractivity contribution is 7.27. The molecule has 0 radical (unpaired) electrons. The van der Waals surface area contributed by atoms with Crippen LogP contribution < -0.4 is 0 Å². The van der Waals surface area contributed by atoms with Gasteiger partial charge < -0.3 is 9.47 Å². The molecule has 4 atom stereocenters. The number of thiophene rings is 6. The van der Waals surface area contributed by atoms with Crippen LogP contribution >= 0.6 is 68.0 Å². The van der Waals surface area contributed by atoms with E-state index < -0.39 is 0 Å². The third-order valence-corrected chi connectivity index (χ3v) is 17.0. The molecular formula is C43H42O4S6. The van der Waals surface area contributed by atoms with Gasteiger partial charge in [0.15, 0.2) is 0 Å². The Balaban J connectivity index is 1.03. The van der Waals surface area contributed by atoms with Gasteiger partial charge in [-0.15, -0.1) is 81.2 Å². The summed E-state index contributed by atoms with van der Waals surface area (Å²) in [5.41, 5.74) is 1.99. The Bertz CT molecular complexity index is 2090. The number of aryl methyl sites for hydroxylation is 4. The van der Waals surface area contributed by atoms with Crippen LogP contribution in [0.4, 0.5) is 0 Å². The molecule has 1 fully saturated rings. The molecule has 6 aromatic rings. The van der Waals surface area contributed by atoms with E-state index in [-0.39, 0.29) is 61.7 Å².